The minimum absolute atomic E-state index is 0.00749. The van der Waals surface area contributed by atoms with Crippen LogP contribution in [0.2, 0.25) is 0 Å². The molecular formula is C21H24N2O4S. The highest BCUT2D eigenvalue weighted by Gasteiger charge is 2.53. The molecular weight excluding hydrogens is 376 g/mol. The van der Waals surface area contributed by atoms with Crippen molar-refractivity contribution in [2.75, 3.05) is 23.5 Å². The summed E-state index contributed by atoms with van der Waals surface area (Å²) in [6, 6.07) is 14.5. The van der Waals surface area contributed by atoms with Crippen LogP contribution >= 0.6 is 0 Å². The van der Waals surface area contributed by atoms with Gasteiger partial charge in [0.05, 0.1) is 30.7 Å². The Morgan fingerprint density at radius 2 is 1.75 bits per heavy atom. The molecule has 0 unspecified atom stereocenters. The van der Waals surface area contributed by atoms with Gasteiger partial charge < -0.3 is 9.64 Å². The second kappa shape index (κ2) is 7.13. The molecule has 0 aliphatic carbocycles. The number of carbonyl (C=O) groups excluding carboxylic acids is 1. The van der Waals surface area contributed by atoms with Gasteiger partial charge in [-0.15, -0.1) is 0 Å². The number of urea groups is 1. The van der Waals surface area contributed by atoms with Crippen molar-refractivity contribution in [1.82, 2.24) is 4.90 Å². The number of amides is 2. The van der Waals surface area contributed by atoms with Crippen LogP contribution in [-0.2, 0) is 22.8 Å². The Bertz CT molecular complexity index is 988. The first-order chi connectivity index (χ1) is 13.4. The average molecular weight is 401 g/mol. The molecule has 2 fully saturated rings. The Morgan fingerprint density at radius 1 is 1.04 bits per heavy atom. The third-order valence-electron chi connectivity index (χ3n) is 5.59. The van der Waals surface area contributed by atoms with E-state index in [9.17, 15) is 13.2 Å². The van der Waals surface area contributed by atoms with Gasteiger partial charge in [-0.2, -0.15) is 0 Å². The first-order valence-corrected chi connectivity index (χ1v) is 11.3. The standard InChI is InChI=1S/C21H24N2O4S/c1-3-15-7-9-17(10-8-15)23-20-14-28(25,26)13-19(20)22(21(23)24)12-16-5-4-6-18(11-16)27-2/h4-11,19-20H,3,12-14H2,1-2H3/t19-,20-/m1/s1. The molecule has 7 heteroatoms. The Kier molecular flexibility index (Phi) is 4.79. The Morgan fingerprint density at radius 3 is 2.43 bits per heavy atom. The Hall–Kier alpha value is -2.54. The summed E-state index contributed by atoms with van der Waals surface area (Å²) >= 11 is 0. The summed E-state index contributed by atoms with van der Waals surface area (Å²) in [5.41, 5.74) is 2.85. The first-order valence-electron chi connectivity index (χ1n) is 9.44. The molecule has 0 radical (unpaired) electrons. The van der Waals surface area contributed by atoms with E-state index in [4.69, 9.17) is 4.74 Å². The van der Waals surface area contributed by atoms with E-state index in [1.165, 1.54) is 5.56 Å². The summed E-state index contributed by atoms with van der Waals surface area (Å²) in [6.07, 6.45) is 0.913. The number of anilines is 1. The number of rotatable bonds is 5. The van der Waals surface area contributed by atoms with E-state index in [0.717, 1.165) is 17.7 Å². The molecule has 2 aliphatic rings. The van der Waals surface area contributed by atoms with Gasteiger partial charge in [0.2, 0.25) is 0 Å². The van der Waals surface area contributed by atoms with Crippen LogP contribution in [0.5, 0.6) is 5.75 Å². The summed E-state index contributed by atoms with van der Waals surface area (Å²) in [4.78, 5) is 16.6. The molecule has 0 N–H and O–H groups in total. The highest BCUT2D eigenvalue weighted by atomic mass is 32.2. The second-order valence-electron chi connectivity index (χ2n) is 7.36. The van der Waals surface area contributed by atoms with Gasteiger partial charge in [-0.3, -0.25) is 4.90 Å². The molecule has 2 aromatic carbocycles. The maximum atomic E-state index is 13.3. The molecule has 2 aromatic rings. The SMILES string of the molecule is CCc1ccc(N2C(=O)N(Cc3cccc(OC)c3)[C@@H]3CS(=O)(=O)C[C@H]32)cc1. The molecule has 0 saturated carbocycles. The maximum Gasteiger partial charge on any atom is 0.325 e. The second-order valence-corrected chi connectivity index (χ2v) is 9.52. The van der Waals surface area contributed by atoms with Crippen LogP contribution in [0.3, 0.4) is 0 Å². The maximum absolute atomic E-state index is 13.3. The van der Waals surface area contributed by atoms with Gasteiger partial charge in [-0.25, -0.2) is 13.2 Å². The molecule has 28 heavy (non-hydrogen) atoms. The minimum atomic E-state index is -3.18. The number of aryl methyl sites for hydroxylation is 1. The van der Waals surface area contributed by atoms with Crippen molar-refractivity contribution < 1.29 is 17.9 Å². The van der Waals surface area contributed by atoms with Crippen molar-refractivity contribution >= 4 is 21.6 Å². The molecule has 2 amide bonds. The molecule has 2 atom stereocenters. The van der Waals surface area contributed by atoms with Crippen LogP contribution in [0, 0.1) is 0 Å². The van der Waals surface area contributed by atoms with Crippen LogP contribution < -0.4 is 9.64 Å². The van der Waals surface area contributed by atoms with Crippen molar-refractivity contribution in [2.24, 2.45) is 0 Å². The molecule has 0 spiro atoms. The van der Waals surface area contributed by atoms with Crippen molar-refractivity contribution in [3.05, 3.63) is 59.7 Å². The summed E-state index contributed by atoms with van der Waals surface area (Å²) in [7, 11) is -1.58. The summed E-state index contributed by atoms with van der Waals surface area (Å²) in [5.74, 6) is 0.733. The smallest absolute Gasteiger partial charge is 0.325 e. The van der Waals surface area contributed by atoms with Gasteiger partial charge in [0.15, 0.2) is 9.84 Å². The van der Waals surface area contributed by atoms with Gasteiger partial charge in [-0.1, -0.05) is 31.2 Å². The van der Waals surface area contributed by atoms with E-state index in [1.807, 2.05) is 48.5 Å². The van der Waals surface area contributed by atoms with Crippen molar-refractivity contribution in [2.45, 2.75) is 32.0 Å². The lowest BCUT2D eigenvalue weighted by Crippen LogP contribution is -2.37. The van der Waals surface area contributed by atoms with E-state index in [-0.39, 0.29) is 29.6 Å². The number of benzene rings is 2. The number of hydrogen-bond donors (Lipinski definition) is 0. The lowest BCUT2D eigenvalue weighted by Gasteiger charge is -2.23. The van der Waals surface area contributed by atoms with Gasteiger partial charge in [0, 0.05) is 12.2 Å². The van der Waals surface area contributed by atoms with Crippen LogP contribution in [0.4, 0.5) is 10.5 Å². The lowest BCUT2D eigenvalue weighted by molar-refractivity contribution is 0.206. The summed E-state index contributed by atoms with van der Waals surface area (Å²) in [6.45, 7) is 2.43. The van der Waals surface area contributed by atoms with E-state index in [0.29, 0.717) is 12.3 Å². The largest absolute Gasteiger partial charge is 0.497 e. The zero-order chi connectivity index (χ0) is 19.9. The van der Waals surface area contributed by atoms with E-state index >= 15 is 0 Å². The molecule has 0 bridgehead atoms. The normalized spacial score (nSPS) is 23.1. The summed E-state index contributed by atoms with van der Waals surface area (Å²) < 4.78 is 30.0. The molecule has 2 heterocycles. The Balaban J connectivity index is 1.67. The first kappa shape index (κ1) is 18.8. The zero-order valence-electron chi connectivity index (χ0n) is 16.0. The van der Waals surface area contributed by atoms with Crippen LogP contribution in [0.25, 0.3) is 0 Å². The van der Waals surface area contributed by atoms with E-state index in [1.54, 1.807) is 16.9 Å². The van der Waals surface area contributed by atoms with Crippen LogP contribution in [0.1, 0.15) is 18.1 Å². The quantitative estimate of drug-likeness (QED) is 0.724. The number of hydrogen-bond acceptors (Lipinski definition) is 4. The fourth-order valence-corrected chi connectivity index (χ4v) is 6.07. The molecule has 0 aromatic heterocycles. The van der Waals surface area contributed by atoms with Crippen LogP contribution in [0.15, 0.2) is 48.5 Å². The fraction of sp³-hybridized carbons (Fsp3) is 0.381. The van der Waals surface area contributed by atoms with Crippen molar-refractivity contribution in [1.29, 1.82) is 0 Å². The Labute approximate surface area is 165 Å². The third-order valence-corrected chi connectivity index (χ3v) is 7.29. The van der Waals surface area contributed by atoms with Gasteiger partial charge >= 0.3 is 6.03 Å². The fourth-order valence-electron chi connectivity index (χ4n) is 4.12. The number of methoxy groups -OCH3 is 1. The van der Waals surface area contributed by atoms with E-state index in [2.05, 4.69) is 6.92 Å². The molecule has 2 aliphatic heterocycles. The van der Waals surface area contributed by atoms with Crippen molar-refractivity contribution in [3.63, 3.8) is 0 Å². The molecule has 2 saturated heterocycles. The predicted octanol–water partition coefficient (Wildman–Crippen LogP) is 2.87. The monoisotopic (exact) mass is 400 g/mol. The minimum Gasteiger partial charge on any atom is -0.497 e. The van der Waals surface area contributed by atoms with Gasteiger partial charge in [-0.05, 0) is 41.8 Å². The molecule has 4 rings (SSSR count). The average Bonchev–Trinajstić information content (AvgIpc) is 3.12. The highest BCUT2D eigenvalue weighted by molar-refractivity contribution is 7.91. The topological polar surface area (TPSA) is 66.9 Å². The number of fused-ring (bicyclic) bond motifs is 1. The summed E-state index contributed by atoms with van der Waals surface area (Å²) in [5, 5.41) is 0. The predicted molar refractivity (Wildman–Crippen MR) is 108 cm³/mol. The number of ether oxygens (including phenoxy) is 1. The number of carbonyl (C=O) groups is 1. The van der Waals surface area contributed by atoms with Crippen molar-refractivity contribution in [3.8, 4) is 5.75 Å². The van der Waals surface area contributed by atoms with E-state index < -0.39 is 9.84 Å². The molecule has 6 nitrogen and oxygen atoms in total. The number of nitrogens with zero attached hydrogens (tertiary/aromatic N) is 2. The number of sulfone groups is 1. The molecule has 148 valence electrons. The highest BCUT2D eigenvalue weighted by Crippen LogP contribution is 2.36. The van der Waals surface area contributed by atoms with Crippen LogP contribution in [-0.4, -0.2) is 50.0 Å². The third kappa shape index (κ3) is 3.35. The lowest BCUT2D eigenvalue weighted by atomic mass is 10.1. The zero-order valence-corrected chi connectivity index (χ0v) is 16.9. The van der Waals surface area contributed by atoms with Gasteiger partial charge in [0.25, 0.3) is 0 Å². The van der Waals surface area contributed by atoms with Gasteiger partial charge in [0.1, 0.15) is 5.75 Å².